The van der Waals surface area contributed by atoms with Gasteiger partial charge >= 0.3 is 5.97 Å². The first-order valence-electron chi connectivity index (χ1n) is 4.75. The van der Waals surface area contributed by atoms with Gasteiger partial charge in [-0.2, -0.15) is 0 Å². The Morgan fingerprint density at radius 3 is 2.38 bits per heavy atom. The third-order valence-electron chi connectivity index (χ3n) is 1.82. The summed E-state index contributed by atoms with van der Waals surface area (Å²) in [5.74, 6) is -0.732. The van der Waals surface area contributed by atoms with Crippen LogP contribution >= 0.6 is 0 Å². The van der Waals surface area contributed by atoms with Crippen LogP contribution in [0.15, 0.2) is 23.3 Å². The Kier molecular flexibility index (Phi) is 5.94. The van der Waals surface area contributed by atoms with Gasteiger partial charge in [-0.15, -0.1) is 0 Å². The molecule has 1 aliphatic carbocycles. The van der Waals surface area contributed by atoms with Gasteiger partial charge in [0.2, 0.25) is 0 Å². The number of aliphatic carboxylic acids is 1. The molecule has 0 saturated heterocycles. The van der Waals surface area contributed by atoms with Gasteiger partial charge in [-0.05, 0) is 19.8 Å². The quantitative estimate of drug-likeness (QED) is 0.712. The lowest BCUT2D eigenvalue weighted by Gasteiger charge is -2.09. The molecule has 0 heterocycles. The Morgan fingerprint density at radius 2 is 2.00 bits per heavy atom. The standard InChI is InChI=1S/C9H12O2.C2H6/c1-7-2-4-8(5-3-7)6-9(10)11;1-2/h2,4H,3,5-6H2,1H3,(H,10,11);1-2H3. The molecule has 0 unspecified atom stereocenters. The summed E-state index contributed by atoms with van der Waals surface area (Å²) in [5.41, 5.74) is 2.36. The van der Waals surface area contributed by atoms with Gasteiger partial charge < -0.3 is 5.11 Å². The van der Waals surface area contributed by atoms with Crippen LogP contribution in [0.2, 0.25) is 0 Å². The molecule has 0 spiro atoms. The summed E-state index contributed by atoms with van der Waals surface area (Å²) in [6, 6.07) is 0. The van der Waals surface area contributed by atoms with Gasteiger partial charge in [0.1, 0.15) is 0 Å². The molecule has 2 nitrogen and oxygen atoms in total. The van der Waals surface area contributed by atoms with E-state index in [2.05, 4.69) is 6.92 Å². The number of rotatable bonds is 2. The van der Waals surface area contributed by atoms with E-state index in [1.54, 1.807) is 0 Å². The van der Waals surface area contributed by atoms with Crippen LogP contribution in [-0.4, -0.2) is 11.1 Å². The van der Waals surface area contributed by atoms with E-state index in [1.807, 2.05) is 26.0 Å². The van der Waals surface area contributed by atoms with Crippen LogP contribution in [0.5, 0.6) is 0 Å². The van der Waals surface area contributed by atoms with E-state index < -0.39 is 5.97 Å². The summed E-state index contributed by atoms with van der Waals surface area (Å²) in [5, 5.41) is 8.47. The maximum atomic E-state index is 10.3. The minimum absolute atomic E-state index is 0.198. The second kappa shape index (κ2) is 6.46. The van der Waals surface area contributed by atoms with E-state index in [9.17, 15) is 4.79 Å². The molecular formula is C11H18O2. The van der Waals surface area contributed by atoms with E-state index in [-0.39, 0.29) is 6.42 Å². The average Bonchev–Trinajstić information content (AvgIpc) is 2.12. The molecule has 0 fully saturated rings. The van der Waals surface area contributed by atoms with Crippen molar-refractivity contribution in [1.82, 2.24) is 0 Å². The molecule has 2 heteroatoms. The number of carbonyl (C=O) groups is 1. The first-order chi connectivity index (χ1) is 6.18. The van der Waals surface area contributed by atoms with E-state index in [0.717, 1.165) is 18.4 Å². The van der Waals surface area contributed by atoms with E-state index in [0.29, 0.717) is 0 Å². The minimum Gasteiger partial charge on any atom is -0.481 e. The maximum Gasteiger partial charge on any atom is 0.307 e. The topological polar surface area (TPSA) is 37.3 Å². The second-order valence-electron chi connectivity index (χ2n) is 2.91. The summed E-state index contributed by atoms with van der Waals surface area (Å²) < 4.78 is 0. The van der Waals surface area contributed by atoms with Crippen molar-refractivity contribution < 1.29 is 9.90 Å². The Balaban J connectivity index is 0.000000671. The molecule has 74 valence electrons. The number of hydrogen-bond acceptors (Lipinski definition) is 1. The predicted molar refractivity (Wildman–Crippen MR) is 54.7 cm³/mol. The molecule has 0 bridgehead atoms. The van der Waals surface area contributed by atoms with Crippen molar-refractivity contribution in [3.63, 3.8) is 0 Å². The number of carboxylic acids is 1. The van der Waals surface area contributed by atoms with Gasteiger partial charge in [0.25, 0.3) is 0 Å². The zero-order valence-electron chi connectivity index (χ0n) is 8.63. The van der Waals surface area contributed by atoms with E-state index >= 15 is 0 Å². The van der Waals surface area contributed by atoms with Crippen LogP contribution in [0, 0.1) is 0 Å². The molecule has 0 atom stereocenters. The molecule has 0 aromatic heterocycles. The Hall–Kier alpha value is -1.05. The SMILES string of the molecule is CC.CC1=CC=C(CC(=O)O)CC1. The van der Waals surface area contributed by atoms with Crippen LogP contribution in [-0.2, 0) is 4.79 Å². The molecule has 0 aliphatic heterocycles. The van der Waals surface area contributed by atoms with Crippen LogP contribution in [0.25, 0.3) is 0 Å². The zero-order valence-corrected chi connectivity index (χ0v) is 8.63. The summed E-state index contributed by atoms with van der Waals surface area (Å²) >= 11 is 0. The lowest BCUT2D eigenvalue weighted by Crippen LogP contribution is -1.99. The summed E-state index contributed by atoms with van der Waals surface area (Å²) in [7, 11) is 0. The third kappa shape index (κ3) is 5.23. The number of allylic oxidation sites excluding steroid dienone is 3. The lowest BCUT2D eigenvalue weighted by molar-refractivity contribution is -0.136. The fraction of sp³-hybridized carbons (Fsp3) is 0.545. The number of hydrogen-bond donors (Lipinski definition) is 1. The average molecular weight is 182 g/mol. The summed E-state index contributed by atoms with van der Waals surface area (Å²) in [6.07, 6.45) is 6.05. The van der Waals surface area contributed by atoms with Crippen molar-refractivity contribution in [3.05, 3.63) is 23.3 Å². The van der Waals surface area contributed by atoms with Crippen molar-refractivity contribution >= 4 is 5.97 Å². The molecule has 1 aliphatic rings. The monoisotopic (exact) mass is 182 g/mol. The van der Waals surface area contributed by atoms with Gasteiger partial charge in [0.05, 0.1) is 6.42 Å². The van der Waals surface area contributed by atoms with Crippen molar-refractivity contribution in [2.24, 2.45) is 0 Å². The fourth-order valence-electron chi connectivity index (χ4n) is 1.13. The molecule has 0 radical (unpaired) electrons. The molecular weight excluding hydrogens is 164 g/mol. The van der Waals surface area contributed by atoms with Crippen LogP contribution in [0.1, 0.15) is 40.0 Å². The largest absolute Gasteiger partial charge is 0.481 e. The zero-order chi connectivity index (χ0) is 10.3. The fourth-order valence-corrected chi connectivity index (χ4v) is 1.13. The summed E-state index contributed by atoms with van der Waals surface area (Å²) in [4.78, 5) is 10.3. The minimum atomic E-state index is -0.732. The Morgan fingerprint density at radius 1 is 1.38 bits per heavy atom. The lowest BCUT2D eigenvalue weighted by atomic mass is 9.97. The normalized spacial score (nSPS) is 15.0. The van der Waals surface area contributed by atoms with Crippen LogP contribution in [0.3, 0.4) is 0 Å². The van der Waals surface area contributed by atoms with E-state index in [4.69, 9.17) is 5.11 Å². The van der Waals surface area contributed by atoms with Crippen molar-refractivity contribution in [2.75, 3.05) is 0 Å². The van der Waals surface area contributed by atoms with Gasteiger partial charge in [-0.3, -0.25) is 4.79 Å². The van der Waals surface area contributed by atoms with Gasteiger partial charge in [0, 0.05) is 0 Å². The van der Waals surface area contributed by atoms with Gasteiger partial charge in [0.15, 0.2) is 0 Å². The molecule has 0 aromatic carbocycles. The third-order valence-corrected chi connectivity index (χ3v) is 1.82. The highest BCUT2D eigenvalue weighted by Gasteiger charge is 2.06. The first-order valence-corrected chi connectivity index (χ1v) is 4.75. The highest BCUT2D eigenvalue weighted by molar-refractivity contribution is 5.70. The maximum absolute atomic E-state index is 10.3. The highest BCUT2D eigenvalue weighted by atomic mass is 16.4. The van der Waals surface area contributed by atoms with Crippen LogP contribution < -0.4 is 0 Å². The first kappa shape index (κ1) is 11.9. The van der Waals surface area contributed by atoms with Gasteiger partial charge in [-0.1, -0.05) is 37.1 Å². The predicted octanol–water partition coefficient (Wildman–Crippen LogP) is 3.15. The molecule has 13 heavy (non-hydrogen) atoms. The highest BCUT2D eigenvalue weighted by Crippen LogP contribution is 2.19. The second-order valence-corrected chi connectivity index (χ2v) is 2.91. The van der Waals surface area contributed by atoms with Crippen molar-refractivity contribution in [3.8, 4) is 0 Å². The number of carboxylic acid groups (broad SMARTS) is 1. The Labute approximate surface area is 80.0 Å². The molecule has 0 saturated carbocycles. The van der Waals surface area contributed by atoms with E-state index in [1.165, 1.54) is 5.57 Å². The van der Waals surface area contributed by atoms with Gasteiger partial charge in [-0.25, -0.2) is 0 Å². The summed E-state index contributed by atoms with van der Waals surface area (Å²) in [6.45, 7) is 6.06. The molecule has 1 rings (SSSR count). The van der Waals surface area contributed by atoms with Crippen molar-refractivity contribution in [1.29, 1.82) is 0 Å². The molecule has 0 amide bonds. The van der Waals surface area contributed by atoms with Crippen molar-refractivity contribution in [2.45, 2.75) is 40.0 Å². The Bertz CT molecular complexity index is 224. The smallest absolute Gasteiger partial charge is 0.307 e. The molecule has 1 N–H and O–H groups in total. The van der Waals surface area contributed by atoms with Crippen LogP contribution in [0.4, 0.5) is 0 Å². The molecule has 0 aromatic rings.